The van der Waals surface area contributed by atoms with Crippen molar-refractivity contribution in [2.75, 3.05) is 0 Å². The molecule has 1 radical (unpaired) electrons. The number of aromatic nitrogens is 2. The first-order valence-electron chi connectivity index (χ1n) is 8.90. The maximum atomic E-state index is 4.51. The molecule has 0 amide bonds. The summed E-state index contributed by atoms with van der Waals surface area (Å²) < 4.78 is 0. The van der Waals surface area contributed by atoms with Crippen molar-refractivity contribution in [3.63, 3.8) is 0 Å². The molecule has 2 aromatic rings. The number of benzene rings is 1. The maximum Gasteiger partial charge on any atom is 0.105 e. The van der Waals surface area contributed by atoms with Crippen LogP contribution >= 0.6 is 0 Å². The Labute approximate surface area is 166 Å². The first-order valence-corrected chi connectivity index (χ1v) is 8.90. The Morgan fingerprint density at radius 1 is 0.920 bits per heavy atom. The summed E-state index contributed by atoms with van der Waals surface area (Å²) in [5.74, 6) is 0. The van der Waals surface area contributed by atoms with Crippen LogP contribution in [0.4, 0.5) is 0 Å². The minimum atomic E-state index is 0. The molecule has 0 aliphatic heterocycles. The molecule has 2 nitrogen and oxygen atoms in total. The van der Waals surface area contributed by atoms with Crippen LogP contribution in [0.15, 0.2) is 24.5 Å². The Bertz CT molecular complexity index is 770. The standard InChI is InChI=1S/C22H29N2.Ir/c1-20(2,3)19-13-18(23-14-24-19)15-8-9-16-17(12-15)22(6,7)11-10-21(16,4)5;/h9,12-14H,10-11H2,1-7H3;/q-1;. The minimum Gasteiger partial charge on any atom is -0.286 e. The third kappa shape index (κ3) is 3.88. The molecule has 0 spiro atoms. The molecule has 0 fully saturated rings. The van der Waals surface area contributed by atoms with Crippen molar-refractivity contribution >= 4 is 0 Å². The van der Waals surface area contributed by atoms with Gasteiger partial charge in [0.15, 0.2) is 0 Å². The van der Waals surface area contributed by atoms with Crippen LogP contribution in [0.2, 0.25) is 0 Å². The van der Waals surface area contributed by atoms with Crippen molar-refractivity contribution in [2.24, 2.45) is 0 Å². The molecule has 1 aromatic heterocycles. The summed E-state index contributed by atoms with van der Waals surface area (Å²) in [6.45, 7) is 15.9. The third-order valence-corrected chi connectivity index (χ3v) is 5.50. The van der Waals surface area contributed by atoms with Gasteiger partial charge in [-0.3, -0.25) is 4.98 Å². The fourth-order valence-electron chi connectivity index (χ4n) is 3.57. The van der Waals surface area contributed by atoms with Crippen LogP contribution in [0, 0.1) is 6.07 Å². The van der Waals surface area contributed by atoms with Crippen LogP contribution in [0.25, 0.3) is 11.3 Å². The smallest absolute Gasteiger partial charge is 0.105 e. The average molecular weight is 514 g/mol. The zero-order valence-electron chi connectivity index (χ0n) is 16.5. The van der Waals surface area contributed by atoms with E-state index >= 15 is 0 Å². The predicted octanol–water partition coefficient (Wildman–Crippen LogP) is 5.59. The van der Waals surface area contributed by atoms with Gasteiger partial charge in [-0.1, -0.05) is 61.0 Å². The Hall–Kier alpha value is -1.05. The van der Waals surface area contributed by atoms with Gasteiger partial charge in [-0.15, -0.1) is 34.9 Å². The van der Waals surface area contributed by atoms with E-state index in [1.165, 1.54) is 24.0 Å². The van der Waals surface area contributed by atoms with E-state index in [0.717, 1.165) is 17.0 Å². The van der Waals surface area contributed by atoms with E-state index in [-0.39, 0.29) is 36.4 Å². The predicted molar refractivity (Wildman–Crippen MR) is 100 cm³/mol. The van der Waals surface area contributed by atoms with Crippen molar-refractivity contribution in [2.45, 2.75) is 77.6 Å². The zero-order valence-corrected chi connectivity index (χ0v) is 18.8. The summed E-state index contributed by atoms with van der Waals surface area (Å²) in [5, 5.41) is 0. The van der Waals surface area contributed by atoms with Gasteiger partial charge in [0.05, 0.1) is 0 Å². The molecular formula is C22H29IrN2-. The molecule has 137 valence electrons. The minimum absolute atomic E-state index is 0. The molecule has 3 rings (SSSR count). The van der Waals surface area contributed by atoms with Gasteiger partial charge in [0.2, 0.25) is 0 Å². The van der Waals surface area contributed by atoms with Crippen molar-refractivity contribution in [3.8, 4) is 11.3 Å². The number of nitrogens with zero attached hydrogens (tertiary/aromatic N) is 2. The summed E-state index contributed by atoms with van der Waals surface area (Å²) in [6.07, 6.45) is 4.12. The van der Waals surface area contributed by atoms with Crippen LogP contribution in [-0.2, 0) is 36.4 Å². The molecule has 0 bridgehead atoms. The van der Waals surface area contributed by atoms with E-state index in [4.69, 9.17) is 0 Å². The van der Waals surface area contributed by atoms with E-state index in [1.54, 1.807) is 6.33 Å². The molecule has 0 atom stereocenters. The van der Waals surface area contributed by atoms with Gasteiger partial charge in [-0.25, -0.2) is 4.98 Å². The van der Waals surface area contributed by atoms with E-state index in [1.807, 2.05) is 0 Å². The summed E-state index contributed by atoms with van der Waals surface area (Å²) in [6, 6.07) is 10.1. The molecule has 1 aliphatic carbocycles. The molecular weight excluding hydrogens is 484 g/mol. The number of fused-ring (bicyclic) bond motifs is 1. The van der Waals surface area contributed by atoms with Crippen LogP contribution in [0.1, 0.15) is 78.1 Å². The normalized spacial score (nSPS) is 18.2. The fourth-order valence-corrected chi connectivity index (χ4v) is 3.57. The van der Waals surface area contributed by atoms with Crippen molar-refractivity contribution in [3.05, 3.63) is 47.4 Å². The zero-order chi connectivity index (χ0) is 17.8. The quantitative estimate of drug-likeness (QED) is 0.465. The van der Waals surface area contributed by atoms with Gasteiger partial charge in [0.25, 0.3) is 0 Å². The van der Waals surface area contributed by atoms with Crippen LogP contribution < -0.4 is 0 Å². The van der Waals surface area contributed by atoms with Crippen LogP contribution in [0.3, 0.4) is 0 Å². The molecule has 1 aromatic carbocycles. The van der Waals surface area contributed by atoms with E-state index in [9.17, 15) is 0 Å². The number of rotatable bonds is 1. The van der Waals surface area contributed by atoms with E-state index in [2.05, 4.69) is 82.7 Å². The summed E-state index contributed by atoms with van der Waals surface area (Å²) in [7, 11) is 0. The average Bonchev–Trinajstić information content (AvgIpc) is 2.51. The monoisotopic (exact) mass is 514 g/mol. The molecule has 0 N–H and O–H groups in total. The maximum absolute atomic E-state index is 4.51. The van der Waals surface area contributed by atoms with Crippen LogP contribution in [-0.4, -0.2) is 9.97 Å². The van der Waals surface area contributed by atoms with Gasteiger partial charge in [0, 0.05) is 31.2 Å². The van der Waals surface area contributed by atoms with E-state index < -0.39 is 0 Å². The van der Waals surface area contributed by atoms with Crippen molar-refractivity contribution < 1.29 is 20.1 Å². The van der Waals surface area contributed by atoms with Crippen LogP contribution in [0.5, 0.6) is 0 Å². The Balaban J connectivity index is 0.00000225. The van der Waals surface area contributed by atoms with Crippen molar-refractivity contribution in [1.29, 1.82) is 0 Å². The Morgan fingerprint density at radius 2 is 1.52 bits per heavy atom. The van der Waals surface area contributed by atoms with Gasteiger partial charge in [-0.05, 0) is 22.9 Å². The third-order valence-electron chi connectivity index (χ3n) is 5.50. The van der Waals surface area contributed by atoms with Gasteiger partial charge >= 0.3 is 0 Å². The van der Waals surface area contributed by atoms with Gasteiger partial charge in [0.1, 0.15) is 6.33 Å². The number of hydrogen-bond acceptors (Lipinski definition) is 2. The summed E-state index contributed by atoms with van der Waals surface area (Å²) in [5.41, 5.74) is 6.45. The van der Waals surface area contributed by atoms with Gasteiger partial charge < -0.3 is 0 Å². The largest absolute Gasteiger partial charge is 0.286 e. The topological polar surface area (TPSA) is 25.8 Å². The van der Waals surface area contributed by atoms with Crippen molar-refractivity contribution in [1.82, 2.24) is 9.97 Å². The molecule has 1 heterocycles. The Morgan fingerprint density at radius 3 is 2.12 bits per heavy atom. The first-order chi connectivity index (χ1) is 11.0. The SMILES string of the molecule is CC(C)(C)c1cc(-c2[c-]cc3c(c2)C(C)(C)CCC3(C)C)ncn1.[Ir]. The second kappa shape index (κ2) is 6.59. The molecule has 1 aliphatic rings. The molecule has 3 heteroatoms. The molecule has 25 heavy (non-hydrogen) atoms. The number of hydrogen-bond donors (Lipinski definition) is 0. The molecule has 0 saturated carbocycles. The fraction of sp³-hybridized carbons (Fsp3) is 0.545. The second-order valence-corrected chi connectivity index (χ2v) is 9.48. The molecule has 0 unspecified atom stereocenters. The molecule has 0 saturated heterocycles. The Kier molecular flexibility index (Phi) is 5.34. The van der Waals surface area contributed by atoms with Gasteiger partial charge in [-0.2, -0.15) is 0 Å². The summed E-state index contributed by atoms with van der Waals surface area (Å²) >= 11 is 0. The summed E-state index contributed by atoms with van der Waals surface area (Å²) in [4.78, 5) is 8.96. The van der Waals surface area contributed by atoms with E-state index in [0.29, 0.717) is 0 Å². The first kappa shape index (κ1) is 20.3. The second-order valence-electron chi connectivity index (χ2n) is 9.48.